The van der Waals surface area contributed by atoms with Gasteiger partial charge >= 0.3 is 0 Å². The fraction of sp³-hybridized carbons (Fsp3) is 0.923. The van der Waals surface area contributed by atoms with E-state index in [4.69, 9.17) is 0 Å². The van der Waals surface area contributed by atoms with Crippen LogP contribution in [0.25, 0.3) is 0 Å². The van der Waals surface area contributed by atoms with E-state index in [2.05, 4.69) is 24.1 Å². The smallest absolute Gasteiger partial charge is 0.242 e. The van der Waals surface area contributed by atoms with Gasteiger partial charge in [-0.15, -0.1) is 0 Å². The van der Waals surface area contributed by atoms with Gasteiger partial charge in [-0.05, 0) is 33.4 Å². The molecule has 1 rings (SSSR count). The van der Waals surface area contributed by atoms with Gasteiger partial charge in [0, 0.05) is 26.2 Å². The summed E-state index contributed by atoms with van der Waals surface area (Å²) in [7, 11) is 4.08. The number of hydrogen-bond donors (Lipinski definition) is 1. The normalized spacial score (nSPS) is 23.9. The van der Waals surface area contributed by atoms with Gasteiger partial charge in [-0.25, -0.2) is 0 Å². The zero-order valence-electron chi connectivity index (χ0n) is 12.1. The van der Waals surface area contributed by atoms with Gasteiger partial charge in [0.1, 0.15) is 0 Å². The van der Waals surface area contributed by atoms with Crippen LogP contribution in [0.5, 0.6) is 0 Å². The van der Waals surface area contributed by atoms with Crippen molar-refractivity contribution in [1.29, 1.82) is 0 Å². The number of carbonyl (C=O) groups excluding carboxylic acids is 1. The third-order valence-electron chi connectivity index (χ3n) is 3.27. The number of rotatable bonds is 3. The standard InChI is InChI=1S/C13H27N3O/c1-12(2)9-14-13(3,4)11(17)16(10-12)8-7-15(5)6/h14H,7-10H2,1-6H3. The number of likely N-dealkylation sites (N-methyl/N-ethyl adjacent to an activating group) is 1. The van der Waals surface area contributed by atoms with Gasteiger partial charge in [-0.3, -0.25) is 4.79 Å². The first-order valence-electron chi connectivity index (χ1n) is 6.33. The van der Waals surface area contributed by atoms with Crippen LogP contribution in [0.2, 0.25) is 0 Å². The first-order valence-corrected chi connectivity index (χ1v) is 6.33. The Morgan fingerprint density at radius 1 is 1.29 bits per heavy atom. The molecular formula is C13H27N3O. The van der Waals surface area contributed by atoms with Gasteiger partial charge in [-0.2, -0.15) is 0 Å². The molecule has 0 aromatic rings. The molecule has 1 heterocycles. The Bertz CT molecular complexity index is 284. The lowest BCUT2D eigenvalue weighted by molar-refractivity contribution is -0.136. The zero-order chi connectivity index (χ0) is 13.3. The van der Waals surface area contributed by atoms with Gasteiger partial charge in [0.05, 0.1) is 5.54 Å². The Morgan fingerprint density at radius 2 is 1.88 bits per heavy atom. The maximum absolute atomic E-state index is 12.4. The molecular weight excluding hydrogens is 214 g/mol. The maximum Gasteiger partial charge on any atom is 0.242 e. The van der Waals surface area contributed by atoms with E-state index in [0.717, 1.165) is 26.2 Å². The molecule has 4 heteroatoms. The van der Waals surface area contributed by atoms with Crippen LogP contribution < -0.4 is 5.32 Å². The lowest BCUT2D eigenvalue weighted by Gasteiger charge is -2.31. The summed E-state index contributed by atoms with van der Waals surface area (Å²) in [5.74, 6) is 0.213. The van der Waals surface area contributed by atoms with Gasteiger partial charge in [0.25, 0.3) is 0 Å². The van der Waals surface area contributed by atoms with Gasteiger partial charge in [-0.1, -0.05) is 13.8 Å². The first kappa shape index (κ1) is 14.5. The summed E-state index contributed by atoms with van der Waals surface area (Å²) >= 11 is 0. The number of carbonyl (C=O) groups is 1. The second-order valence-corrected chi connectivity index (χ2v) is 6.67. The third kappa shape index (κ3) is 3.96. The van der Waals surface area contributed by atoms with Crippen LogP contribution in [0.1, 0.15) is 27.7 Å². The fourth-order valence-corrected chi connectivity index (χ4v) is 2.08. The summed E-state index contributed by atoms with van der Waals surface area (Å²) in [6.07, 6.45) is 0. The van der Waals surface area contributed by atoms with Crippen LogP contribution in [0.15, 0.2) is 0 Å². The average Bonchev–Trinajstić information content (AvgIpc) is 2.26. The molecule has 0 unspecified atom stereocenters. The van der Waals surface area contributed by atoms with Crippen molar-refractivity contribution in [2.24, 2.45) is 5.41 Å². The first-order chi connectivity index (χ1) is 7.64. The Hall–Kier alpha value is -0.610. The second-order valence-electron chi connectivity index (χ2n) is 6.67. The highest BCUT2D eigenvalue weighted by Gasteiger charge is 2.38. The minimum atomic E-state index is -0.444. The van der Waals surface area contributed by atoms with E-state index in [1.807, 2.05) is 32.8 Å². The van der Waals surface area contributed by atoms with Gasteiger partial charge in [0.2, 0.25) is 5.91 Å². The molecule has 0 aliphatic carbocycles. The summed E-state index contributed by atoms with van der Waals surface area (Å²) in [5, 5.41) is 3.37. The number of amides is 1. The van der Waals surface area contributed by atoms with Crippen molar-refractivity contribution in [1.82, 2.24) is 15.1 Å². The lowest BCUT2D eigenvalue weighted by atomic mass is 9.93. The monoisotopic (exact) mass is 241 g/mol. The van der Waals surface area contributed by atoms with E-state index in [9.17, 15) is 4.79 Å². The molecule has 0 aromatic heterocycles. The van der Waals surface area contributed by atoms with Crippen molar-refractivity contribution in [3.8, 4) is 0 Å². The van der Waals surface area contributed by atoms with E-state index < -0.39 is 5.54 Å². The Kier molecular flexibility index (Phi) is 4.20. The molecule has 0 spiro atoms. The molecule has 1 fully saturated rings. The average molecular weight is 241 g/mol. The van der Waals surface area contributed by atoms with E-state index >= 15 is 0 Å². The highest BCUT2D eigenvalue weighted by Crippen LogP contribution is 2.23. The largest absolute Gasteiger partial charge is 0.339 e. The summed E-state index contributed by atoms with van der Waals surface area (Å²) in [4.78, 5) is 16.5. The summed E-state index contributed by atoms with van der Waals surface area (Å²) in [5.41, 5.74) is -0.310. The van der Waals surface area contributed by atoms with Crippen molar-refractivity contribution in [2.45, 2.75) is 33.2 Å². The number of nitrogens with one attached hydrogen (secondary N) is 1. The topological polar surface area (TPSA) is 35.6 Å². The van der Waals surface area contributed by atoms with Gasteiger partial charge < -0.3 is 15.1 Å². The third-order valence-corrected chi connectivity index (χ3v) is 3.27. The highest BCUT2D eigenvalue weighted by molar-refractivity contribution is 5.85. The number of hydrogen-bond acceptors (Lipinski definition) is 3. The predicted octanol–water partition coefficient (Wildman–Crippen LogP) is 0.785. The van der Waals surface area contributed by atoms with Crippen LogP contribution in [-0.2, 0) is 4.79 Å². The molecule has 100 valence electrons. The highest BCUT2D eigenvalue weighted by atomic mass is 16.2. The molecule has 4 nitrogen and oxygen atoms in total. The van der Waals surface area contributed by atoms with E-state index in [0.29, 0.717) is 0 Å². The van der Waals surface area contributed by atoms with Crippen LogP contribution in [0.3, 0.4) is 0 Å². The van der Waals surface area contributed by atoms with Crippen LogP contribution >= 0.6 is 0 Å². The molecule has 1 aliphatic heterocycles. The van der Waals surface area contributed by atoms with Crippen molar-refractivity contribution >= 4 is 5.91 Å². The Balaban J connectivity index is 2.79. The van der Waals surface area contributed by atoms with Crippen molar-refractivity contribution in [2.75, 3.05) is 40.3 Å². The van der Waals surface area contributed by atoms with Crippen molar-refractivity contribution in [3.05, 3.63) is 0 Å². The minimum absolute atomic E-state index is 0.135. The summed E-state index contributed by atoms with van der Waals surface area (Å²) in [6, 6.07) is 0. The molecule has 0 atom stereocenters. The van der Waals surface area contributed by atoms with E-state index in [1.165, 1.54) is 0 Å². The molecule has 0 bridgehead atoms. The molecule has 1 N–H and O–H groups in total. The Morgan fingerprint density at radius 3 is 2.41 bits per heavy atom. The van der Waals surface area contributed by atoms with Gasteiger partial charge in [0.15, 0.2) is 0 Å². The SMILES string of the molecule is CN(C)CCN1CC(C)(C)CNC(C)(C)C1=O. The van der Waals surface area contributed by atoms with E-state index in [-0.39, 0.29) is 11.3 Å². The quantitative estimate of drug-likeness (QED) is 0.793. The molecule has 1 saturated heterocycles. The molecule has 0 saturated carbocycles. The van der Waals surface area contributed by atoms with Crippen molar-refractivity contribution < 1.29 is 4.79 Å². The van der Waals surface area contributed by atoms with E-state index in [1.54, 1.807) is 0 Å². The lowest BCUT2D eigenvalue weighted by Crippen LogP contribution is -2.52. The molecule has 17 heavy (non-hydrogen) atoms. The molecule has 1 amide bonds. The fourth-order valence-electron chi connectivity index (χ4n) is 2.08. The molecule has 0 aromatic carbocycles. The van der Waals surface area contributed by atoms with Crippen LogP contribution in [0, 0.1) is 5.41 Å². The molecule has 0 radical (unpaired) electrons. The molecule has 1 aliphatic rings. The number of nitrogens with zero attached hydrogens (tertiary/aromatic N) is 2. The van der Waals surface area contributed by atoms with Crippen molar-refractivity contribution in [3.63, 3.8) is 0 Å². The zero-order valence-corrected chi connectivity index (χ0v) is 12.1. The van der Waals surface area contributed by atoms with Crippen LogP contribution in [-0.4, -0.2) is 61.5 Å². The summed E-state index contributed by atoms with van der Waals surface area (Å²) in [6.45, 7) is 11.8. The second kappa shape index (κ2) is 4.94. The summed E-state index contributed by atoms with van der Waals surface area (Å²) < 4.78 is 0. The minimum Gasteiger partial charge on any atom is -0.339 e. The Labute approximate surface area is 105 Å². The maximum atomic E-state index is 12.4. The van der Waals surface area contributed by atoms with Crippen LogP contribution in [0.4, 0.5) is 0 Å². The predicted molar refractivity (Wildman–Crippen MR) is 71.0 cm³/mol.